The van der Waals surface area contributed by atoms with E-state index in [-0.39, 0.29) is 11.1 Å². The minimum absolute atomic E-state index is 0.0596. The molecule has 0 aromatic heterocycles. The molecule has 4 heteroatoms. The van der Waals surface area contributed by atoms with Crippen molar-refractivity contribution in [1.82, 2.24) is 0 Å². The first-order valence-electron chi connectivity index (χ1n) is 10.7. The average molecular weight is 426 g/mol. The second-order valence-electron chi connectivity index (χ2n) is 8.95. The molecule has 0 aliphatic carbocycles. The number of ether oxygens (including phenoxy) is 2. The molecule has 0 N–H and O–H groups in total. The van der Waals surface area contributed by atoms with Gasteiger partial charge in [0.25, 0.3) is 0 Å². The number of benzene rings is 3. The van der Waals surface area contributed by atoms with Crippen molar-refractivity contribution < 1.29 is 14.3 Å². The van der Waals surface area contributed by atoms with Crippen LogP contribution in [0.15, 0.2) is 83.5 Å². The lowest BCUT2D eigenvalue weighted by Gasteiger charge is -2.18. The van der Waals surface area contributed by atoms with Crippen LogP contribution in [-0.4, -0.2) is 11.9 Å². The molecule has 32 heavy (non-hydrogen) atoms. The molecule has 0 atom stereocenters. The van der Waals surface area contributed by atoms with Crippen LogP contribution in [0.25, 0.3) is 6.08 Å². The highest BCUT2D eigenvalue weighted by molar-refractivity contribution is 6.12. The van der Waals surface area contributed by atoms with Crippen molar-refractivity contribution in [2.45, 2.75) is 39.7 Å². The first-order valence-corrected chi connectivity index (χ1v) is 10.7. The van der Waals surface area contributed by atoms with E-state index in [9.17, 15) is 4.79 Å². The molecule has 162 valence electrons. The molecule has 4 rings (SSSR count). The summed E-state index contributed by atoms with van der Waals surface area (Å²) < 4.78 is 11.4. The van der Waals surface area contributed by atoms with Crippen LogP contribution in [-0.2, 0) is 21.6 Å². The highest BCUT2D eigenvalue weighted by Gasteiger charge is 2.24. The molecule has 1 aliphatic heterocycles. The summed E-state index contributed by atoms with van der Waals surface area (Å²) in [5, 5.41) is 0. The molecular formula is C28H27NO3. The predicted molar refractivity (Wildman–Crippen MR) is 128 cm³/mol. The second-order valence-corrected chi connectivity index (χ2v) is 8.95. The summed E-state index contributed by atoms with van der Waals surface area (Å²) in [5.41, 5.74) is 5.49. The number of hydrogen-bond donors (Lipinski definition) is 0. The summed E-state index contributed by atoms with van der Waals surface area (Å²) in [6, 6.07) is 23.7. The Morgan fingerprint density at radius 2 is 1.72 bits per heavy atom. The zero-order chi connectivity index (χ0) is 22.7. The number of nitrogens with zero attached hydrogens (tertiary/aromatic N) is 1. The van der Waals surface area contributed by atoms with E-state index in [0.717, 1.165) is 22.4 Å². The molecule has 1 heterocycles. The maximum absolute atomic E-state index is 12.4. The lowest BCUT2D eigenvalue weighted by molar-refractivity contribution is -0.129. The van der Waals surface area contributed by atoms with Gasteiger partial charge in [0.15, 0.2) is 5.70 Å². The third-order valence-electron chi connectivity index (χ3n) is 5.44. The number of aliphatic imine (C=N–C) groups is 1. The van der Waals surface area contributed by atoms with Gasteiger partial charge >= 0.3 is 5.97 Å². The number of carbonyl (C=O) groups is 1. The Bertz CT molecular complexity index is 1200. The van der Waals surface area contributed by atoms with Crippen molar-refractivity contribution in [3.63, 3.8) is 0 Å². The van der Waals surface area contributed by atoms with Crippen LogP contribution in [0.3, 0.4) is 0 Å². The van der Waals surface area contributed by atoms with Crippen LogP contribution in [0.4, 0.5) is 0 Å². The van der Waals surface area contributed by atoms with Gasteiger partial charge in [0, 0.05) is 5.56 Å². The van der Waals surface area contributed by atoms with E-state index in [1.54, 1.807) is 6.08 Å². The number of cyclic esters (lactones) is 1. The smallest absolute Gasteiger partial charge is 0.363 e. The van der Waals surface area contributed by atoms with Gasteiger partial charge in [-0.1, -0.05) is 69.3 Å². The molecule has 0 radical (unpaired) electrons. The SMILES string of the molecule is Cc1ccccc1COc1cccc(/C=C2\N=C(c3ccc(C(C)(C)C)cc3)OC2=O)c1. The maximum atomic E-state index is 12.4. The number of esters is 1. The zero-order valence-electron chi connectivity index (χ0n) is 18.9. The maximum Gasteiger partial charge on any atom is 0.363 e. The van der Waals surface area contributed by atoms with Crippen molar-refractivity contribution in [2.75, 3.05) is 0 Å². The molecule has 0 spiro atoms. The predicted octanol–water partition coefficient (Wildman–Crippen LogP) is 6.22. The van der Waals surface area contributed by atoms with E-state index < -0.39 is 5.97 Å². The summed E-state index contributed by atoms with van der Waals surface area (Å²) in [6.07, 6.45) is 1.72. The Balaban J connectivity index is 1.51. The van der Waals surface area contributed by atoms with Gasteiger partial charge in [-0.3, -0.25) is 0 Å². The molecule has 0 unspecified atom stereocenters. The molecule has 0 bridgehead atoms. The Hall–Kier alpha value is -3.66. The third-order valence-corrected chi connectivity index (χ3v) is 5.44. The quantitative estimate of drug-likeness (QED) is 0.360. The van der Waals surface area contributed by atoms with Crippen LogP contribution < -0.4 is 4.74 Å². The van der Waals surface area contributed by atoms with Gasteiger partial charge in [0.05, 0.1) is 0 Å². The standard InChI is InChI=1S/C28H27NO3/c1-19-8-5-6-10-22(19)18-31-24-11-7-9-20(16-24)17-25-27(30)32-26(29-25)21-12-14-23(15-13-21)28(2,3)4/h5-17H,18H2,1-4H3/b25-17-. The monoisotopic (exact) mass is 425 g/mol. The van der Waals surface area contributed by atoms with Crippen molar-refractivity contribution in [1.29, 1.82) is 0 Å². The molecule has 0 saturated heterocycles. The Labute approximate surface area is 189 Å². The minimum atomic E-state index is -0.453. The number of hydrogen-bond acceptors (Lipinski definition) is 4. The highest BCUT2D eigenvalue weighted by atomic mass is 16.6. The van der Waals surface area contributed by atoms with Crippen molar-refractivity contribution in [2.24, 2.45) is 4.99 Å². The largest absolute Gasteiger partial charge is 0.489 e. The van der Waals surface area contributed by atoms with Crippen LogP contribution >= 0.6 is 0 Å². The van der Waals surface area contributed by atoms with Crippen LogP contribution in [0.2, 0.25) is 0 Å². The van der Waals surface area contributed by atoms with Crippen LogP contribution in [0, 0.1) is 6.92 Å². The summed E-state index contributed by atoms with van der Waals surface area (Å²) in [4.78, 5) is 16.8. The molecule has 0 amide bonds. The van der Waals surface area contributed by atoms with E-state index in [1.807, 2.05) is 60.7 Å². The summed E-state index contributed by atoms with van der Waals surface area (Å²) in [5.74, 6) is 0.607. The number of rotatable bonds is 5. The molecule has 3 aromatic rings. The van der Waals surface area contributed by atoms with Crippen molar-refractivity contribution in [3.8, 4) is 5.75 Å². The third kappa shape index (κ3) is 4.97. The minimum Gasteiger partial charge on any atom is -0.489 e. The van der Waals surface area contributed by atoms with Gasteiger partial charge in [-0.15, -0.1) is 0 Å². The molecule has 3 aromatic carbocycles. The van der Waals surface area contributed by atoms with Gasteiger partial charge in [-0.2, -0.15) is 0 Å². The van der Waals surface area contributed by atoms with Gasteiger partial charge in [0.2, 0.25) is 5.90 Å². The first kappa shape index (κ1) is 21.6. The molecular weight excluding hydrogens is 398 g/mol. The summed E-state index contributed by atoms with van der Waals surface area (Å²) in [7, 11) is 0. The van der Waals surface area contributed by atoms with E-state index in [2.05, 4.69) is 44.8 Å². The number of carbonyl (C=O) groups excluding carboxylic acids is 1. The van der Waals surface area contributed by atoms with E-state index in [1.165, 1.54) is 11.1 Å². The molecule has 0 fully saturated rings. The topological polar surface area (TPSA) is 47.9 Å². The van der Waals surface area contributed by atoms with Crippen molar-refractivity contribution in [3.05, 3.63) is 106 Å². The lowest BCUT2D eigenvalue weighted by Crippen LogP contribution is -2.11. The van der Waals surface area contributed by atoms with Crippen LogP contribution in [0.1, 0.15) is 48.6 Å². The second kappa shape index (κ2) is 8.83. The highest BCUT2D eigenvalue weighted by Crippen LogP contribution is 2.25. The molecule has 4 nitrogen and oxygen atoms in total. The number of aryl methyl sites for hydroxylation is 1. The van der Waals surface area contributed by atoms with Gasteiger partial charge in [-0.25, -0.2) is 9.79 Å². The van der Waals surface area contributed by atoms with Crippen molar-refractivity contribution >= 4 is 17.9 Å². The normalized spacial score (nSPS) is 14.9. The average Bonchev–Trinajstić information content (AvgIpc) is 3.13. The van der Waals surface area contributed by atoms with E-state index >= 15 is 0 Å². The summed E-state index contributed by atoms with van der Waals surface area (Å²) in [6.45, 7) is 9.04. The lowest BCUT2D eigenvalue weighted by atomic mass is 9.87. The zero-order valence-corrected chi connectivity index (χ0v) is 18.9. The first-order chi connectivity index (χ1) is 15.3. The Morgan fingerprint density at radius 1 is 0.969 bits per heavy atom. The van der Waals surface area contributed by atoms with E-state index in [4.69, 9.17) is 9.47 Å². The fourth-order valence-corrected chi connectivity index (χ4v) is 3.43. The van der Waals surface area contributed by atoms with Gasteiger partial charge in [0.1, 0.15) is 12.4 Å². The van der Waals surface area contributed by atoms with E-state index in [0.29, 0.717) is 12.5 Å². The summed E-state index contributed by atoms with van der Waals surface area (Å²) >= 11 is 0. The molecule has 1 aliphatic rings. The Morgan fingerprint density at radius 3 is 2.44 bits per heavy atom. The fourth-order valence-electron chi connectivity index (χ4n) is 3.43. The van der Waals surface area contributed by atoms with Gasteiger partial charge < -0.3 is 9.47 Å². The molecule has 0 saturated carbocycles. The Kier molecular flexibility index (Phi) is 5.95. The van der Waals surface area contributed by atoms with Gasteiger partial charge in [-0.05, 0) is 64.9 Å². The van der Waals surface area contributed by atoms with Crippen LogP contribution in [0.5, 0.6) is 5.75 Å². The fraction of sp³-hybridized carbons (Fsp3) is 0.214.